The van der Waals surface area contributed by atoms with Crippen LogP contribution in [-0.2, 0) is 13.0 Å². The van der Waals surface area contributed by atoms with Gasteiger partial charge in [-0.1, -0.05) is 52.0 Å². The third kappa shape index (κ3) is 7.10. The lowest BCUT2D eigenvalue weighted by Gasteiger charge is -2.27. The van der Waals surface area contributed by atoms with Gasteiger partial charge in [0.05, 0.1) is 0 Å². The van der Waals surface area contributed by atoms with Crippen LogP contribution in [0.3, 0.4) is 0 Å². The lowest BCUT2D eigenvalue weighted by Crippen LogP contribution is -2.30. The highest BCUT2D eigenvalue weighted by Gasteiger charge is 2.13. The van der Waals surface area contributed by atoms with Crippen molar-refractivity contribution < 1.29 is 0 Å². The molecular weight excluding hydrogens is 256 g/mol. The van der Waals surface area contributed by atoms with E-state index in [0.717, 1.165) is 25.4 Å². The van der Waals surface area contributed by atoms with Crippen LogP contribution >= 0.6 is 0 Å². The predicted octanol–water partition coefficient (Wildman–Crippen LogP) is 4.09. The first-order chi connectivity index (χ1) is 9.90. The van der Waals surface area contributed by atoms with Gasteiger partial charge in [-0.05, 0) is 50.4 Å². The second-order valence-electron chi connectivity index (χ2n) is 7.02. The standard InChI is InChI=1S/C19H34N2/c1-15(2)13-17(5)21(6)14-19-10-8-7-9-18(19)11-12-20-16(3)4/h7-10,15-17,20H,11-14H2,1-6H3. The van der Waals surface area contributed by atoms with Crippen LogP contribution in [0, 0.1) is 5.92 Å². The van der Waals surface area contributed by atoms with Gasteiger partial charge in [-0.25, -0.2) is 0 Å². The van der Waals surface area contributed by atoms with E-state index >= 15 is 0 Å². The zero-order valence-corrected chi connectivity index (χ0v) is 14.8. The van der Waals surface area contributed by atoms with E-state index < -0.39 is 0 Å². The Labute approximate surface area is 131 Å². The molecule has 0 aliphatic carbocycles. The minimum absolute atomic E-state index is 0.561. The summed E-state index contributed by atoms with van der Waals surface area (Å²) in [5.74, 6) is 0.757. The average molecular weight is 290 g/mol. The molecule has 0 heterocycles. The number of benzene rings is 1. The highest BCUT2D eigenvalue weighted by atomic mass is 15.1. The van der Waals surface area contributed by atoms with E-state index in [9.17, 15) is 0 Å². The van der Waals surface area contributed by atoms with Crippen molar-refractivity contribution in [2.45, 2.75) is 66.1 Å². The minimum atomic E-state index is 0.561. The number of hydrogen-bond acceptors (Lipinski definition) is 2. The Bertz CT molecular complexity index is 398. The number of rotatable bonds is 9. The third-order valence-electron chi connectivity index (χ3n) is 4.05. The molecule has 0 saturated heterocycles. The molecule has 0 spiro atoms. The van der Waals surface area contributed by atoms with Crippen LogP contribution in [0.25, 0.3) is 0 Å². The maximum Gasteiger partial charge on any atom is 0.0236 e. The molecule has 21 heavy (non-hydrogen) atoms. The Balaban J connectivity index is 2.61. The molecule has 1 aromatic rings. The highest BCUT2D eigenvalue weighted by molar-refractivity contribution is 5.27. The molecule has 2 heteroatoms. The van der Waals surface area contributed by atoms with Crippen LogP contribution in [0.15, 0.2) is 24.3 Å². The topological polar surface area (TPSA) is 15.3 Å². The molecule has 0 radical (unpaired) electrons. The summed E-state index contributed by atoms with van der Waals surface area (Å²) in [4.78, 5) is 2.48. The molecule has 0 aromatic heterocycles. The van der Waals surface area contributed by atoms with Gasteiger partial charge in [-0.2, -0.15) is 0 Å². The summed E-state index contributed by atoms with van der Waals surface area (Å²) in [6.07, 6.45) is 2.37. The minimum Gasteiger partial charge on any atom is -0.314 e. The van der Waals surface area contributed by atoms with Crippen molar-refractivity contribution in [3.8, 4) is 0 Å². The van der Waals surface area contributed by atoms with Crippen molar-refractivity contribution in [3.05, 3.63) is 35.4 Å². The summed E-state index contributed by atoms with van der Waals surface area (Å²) < 4.78 is 0. The van der Waals surface area contributed by atoms with E-state index in [1.807, 2.05) is 0 Å². The Morgan fingerprint density at radius 1 is 1.00 bits per heavy atom. The van der Waals surface area contributed by atoms with Crippen LogP contribution in [0.2, 0.25) is 0 Å². The summed E-state index contributed by atoms with van der Waals surface area (Å²) in [5.41, 5.74) is 2.95. The van der Waals surface area contributed by atoms with Crippen LogP contribution in [0.1, 0.15) is 52.2 Å². The first-order valence-corrected chi connectivity index (χ1v) is 8.40. The molecule has 0 aliphatic rings. The largest absolute Gasteiger partial charge is 0.314 e. The molecule has 1 unspecified atom stereocenters. The Hall–Kier alpha value is -0.860. The molecule has 0 aliphatic heterocycles. The number of nitrogens with zero attached hydrogens (tertiary/aromatic N) is 1. The van der Waals surface area contributed by atoms with E-state index in [1.165, 1.54) is 17.5 Å². The van der Waals surface area contributed by atoms with E-state index in [4.69, 9.17) is 0 Å². The summed E-state index contributed by atoms with van der Waals surface area (Å²) >= 11 is 0. The lowest BCUT2D eigenvalue weighted by atomic mass is 10.0. The molecule has 0 saturated carbocycles. The first-order valence-electron chi connectivity index (χ1n) is 8.40. The van der Waals surface area contributed by atoms with Crippen molar-refractivity contribution in [1.82, 2.24) is 10.2 Å². The maximum absolute atomic E-state index is 3.51. The van der Waals surface area contributed by atoms with Crippen molar-refractivity contribution in [1.29, 1.82) is 0 Å². The molecule has 0 fully saturated rings. The van der Waals surface area contributed by atoms with E-state index in [2.05, 4.69) is 76.1 Å². The van der Waals surface area contributed by atoms with Gasteiger partial charge in [0.1, 0.15) is 0 Å². The fraction of sp³-hybridized carbons (Fsp3) is 0.684. The molecule has 1 aromatic carbocycles. The average Bonchev–Trinajstić information content (AvgIpc) is 2.39. The van der Waals surface area contributed by atoms with Crippen molar-refractivity contribution >= 4 is 0 Å². The van der Waals surface area contributed by atoms with Gasteiger partial charge in [0.15, 0.2) is 0 Å². The molecule has 2 nitrogen and oxygen atoms in total. The third-order valence-corrected chi connectivity index (χ3v) is 4.05. The Morgan fingerprint density at radius 3 is 2.19 bits per heavy atom. The number of nitrogens with one attached hydrogen (secondary N) is 1. The summed E-state index contributed by atoms with van der Waals surface area (Å²) in [6.45, 7) is 13.4. The fourth-order valence-corrected chi connectivity index (χ4v) is 2.74. The second kappa shape index (κ2) is 9.22. The number of hydrogen-bond donors (Lipinski definition) is 1. The predicted molar refractivity (Wildman–Crippen MR) is 93.7 cm³/mol. The van der Waals surface area contributed by atoms with Gasteiger partial charge < -0.3 is 5.32 Å². The molecule has 1 rings (SSSR count). The summed E-state index contributed by atoms with van der Waals surface area (Å²) in [5, 5.41) is 3.51. The molecule has 0 amide bonds. The summed E-state index contributed by atoms with van der Waals surface area (Å²) in [6, 6.07) is 10.1. The smallest absolute Gasteiger partial charge is 0.0236 e. The van der Waals surface area contributed by atoms with Crippen molar-refractivity contribution in [3.63, 3.8) is 0 Å². The van der Waals surface area contributed by atoms with Crippen LogP contribution in [0.5, 0.6) is 0 Å². The van der Waals surface area contributed by atoms with Crippen LogP contribution in [-0.4, -0.2) is 30.6 Å². The van der Waals surface area contributed by atoms with E-state index in [1.54, 1.807) is 0 Å². The van der Waals surface area contributed by atoms with Gasteiger partial charge in [0.25, 0.3) is 0 Å². The zero-order chi connectivity index (χ0) is 15.8. The van der Waals surface area contributed by atoms with Gasteiger partial charge in [0, 0.05) is 18.6 Å². The molecule has 0 bridgehead atoms. The van der Waals surface area contributed by atoms with Gasteiger partial charge in [0.2, 0.25) is 0 Å². The molecular formula is C19H34N2. The van der Waals surface area contributed by atoms with Crippen molar-refractivity contribution in [2.75, 3.05) is 13.6 Å². The van der Waals surface area contributed by atoms with Gasteiger partial charge in [-0.15, -0.1) is 0 Å². The molecule has 1 atom stereocenters. The monoisotopic (exact) mass is 290 g/mol. The zero-order valence-electron chi connectivity index (χ0n) is 14.8. The molecule has 1 N–H and O–H groups in total. The van der Waals surface area contributed by atoms with E-state index in [-0.39, 0.29) is 0 Å². The van der Waals surface area contributed by atoms with Gasteiger partial charge in [-0.3, -0.25) is 4.90 Å². The maximum atomic E-state index is 3.51. The quantitative estimate of drug-likeness (QED) is 0.737. The second-order valence-corrected chi connectivity index (χ2v) is 7.02. The Morgan fingerprint density at radius 2 is 1.62 bits per heavy atom. The summed E-state index contributed by atoms with van der Waals surface area (Å²) in [7, 11) is 2.25. The lowest BCUT2D eigenvalue weighted by molar-refractivity contribution is 0.220. The van der Waals surface area contributed by atoms with E-state index in [0.29, 0.717) is 12.1 Å². The van der Waals surface area contributed by atoms with Crippen molar-refractivity contribution in [2.24, 2.45) is 5.92 Å². The SMILES string of the molecule is CC(C)CC(C)N(C)Cc1ccccc1CCNC(C)C. The van der Waals surface area contributed by atoms with Crippen LogP contribution < -0.4 is 5.32 Å². The highest BCUT2D eigenvalue weighted by Crippen LogP contribution is 2.16. The normalized spacial score (nSPS) is 13.4. The fourth-order valence-electron chi connectivity index (χ4n) is 2.74. The molecule has 120 valence electrons. The van der Waals surface area contributed by atoms with Crippen LogP contribution in [0.4, 0.5) is 0 Å². The van der Waals surface area contributed by atoms with Gasteiger partial charge >= 0.3 is 0 Å². The first kappa shape index (κ1) is 18.2. The Kier molecular flexibility index (Phi) is 7.98.